The Labute approximate surface area is 129 Å². The molecule has 0 bridgehead atoms. The van der Waals surface area contributed by atoms with E-state index in [0.29, 0.717) is 24.7 Å². The molecule has 3 rings (SSSR count). The van der Waals surface area contributed by atoms with Crippen molar-refractivity contribution in [3.63, 3.8) is 0 Å². The summed E-state index contributed by atoms with van der Waals surface area (Å²) in [7, 11) is -2.91. The average Bonchev–Trinajstić information content (AvgIpc) is 2.40. The van der Waals surface area contributed by atoms with E-state index in [0.717, 1.165) is 18.7 Å². The highest BCUT2D eigenvalue weighted by molar-refractivity contribution is 7.91. The van der Waals surface area contributed by atoms with Crippen LogP contribution >= 0.6 is 11.6 Å². The van der Waals surface area contributed by atoms with Crippen LogP contribution in [-0.2, 0) is 16.4 Å². The molecule has 2 aliphatic rings. The molecular formula is C14H18ClFN2O2S. The molecule has 7 heteroatoms. The topological polar surface area (TPSA) is 40.6 Å². The zero-order valence-electron chi connectivity index (χ0n) is 11.6. The number of piperazine rings is 1. The first-order chi connectivity index (χ1) is 9.93. The zero-order chi connectivity index (χ0) is 15.0. The SMILES string of the molecule is O=S1(=O)CCN2CCN(Cc3ccc(F)cc3Cl)C[C@H]2C1. The van der Waals surface area contributed by atoms with Crippen LogP contribution in [0.4, 0.5) is 4.39 Å². The van der Waals surface area contributed by atoms with E-state index in [9.17, 15) is 12.8 Å². The number of sulfone groups is 1. The van der Waals surface area contributed by atoms with E-state index in [1.807, 2.05) is 0 Å². The highest BCUT2D eigenvalue weighted by Crippen LogP contribution is 2.22. The minimum absolute atomic E-state index is 0.0664. The number of halogens is 2. The third-order valence-corrected chi connectivity index (χ3v) is 6.28. The van der Waals surface area contributed by atoms with Crippen LogP contribution in [0, 0.1) is 5.82 Å². The van der Waals surface area contributed by atoms with Crippen molar-refractivity contribution in [3.05, 3.63) is 34.6 Å². The molecule has 2 fully saturated rings. The van der Waals surface area contributed by atoms with Gasteiger partial charge < -0.3 is 0 Å². The Kier molecular flexibility index (Phi) is 4.23. The van der Waals surface area contributed by atoms with Crippen LogP contribution in [-0.4, -0.2) is 61.9 Å². The maximum Gasteiger partial charge on any atom is 0.153 e. The van der Waals surface area contributed by atoms with Crippen molar-refractivity contribution in [2.45, 2.75) is 12.6 Å². The van der Waals surface area contributed by atoms with Crippen molar-refractivity contribution in [3.8, 4) is 0 Å². The van der Waals surface area contributed by atoms with Crippen molar-refractivity contribution in [1.29, 1.82) is 0 Å². The van der Waals surface area contributed by atoms with Crippen LogP contribution in [0.1, 0.15) is 5.56 Å². The van der Waals surface area contributed by atoms with Gasteiger partial charge in [0, 0.05) is 43.8 Å². The molecule has 21 heavy (non-hydrogen) atoms. The number of hydrogen-bond acceptors (Lipinski definition) is 4. The molecule has 0 aliphatic carbocycles. The summed E-state index contributed by atoms with van der Waals surface area (Å²) < 4.78 is 36.6. The summed E-state index contributed by atoms with van der Waals surface area (Å²) in [6, 6.07) is 4.49. The molecule has 1 atom stereocenters. The fourth-order valence-electron chi connectivity index (χ4n) is 3.08. The van der Waals surface area contributed by atoms with E-state index >= 15 is 0 Å². The summed E-state index contributed by atoms with van der Waals surface area (Å²) in [4.78, 5) is 4.45. The molecule has 1 aromatic carbocycles. The lowest BCUT2D eigenvalue weighted by atomic mass is 10.1. The lowest BCUT2D eigenvalue weighted by molar-refractivity contribution is 0.0811. The lowest BCUT2D eigenvalue weighted by Gasteiger charge is -2.43. The van der Waals surface area contributed by atoms with E-state index in [-0.39, 0.29) is 23.4 Å². The van der Waals surface area contributed by atoms with Crippen LogP contribution in [0.25, 0.3) is 0 Å². The van der Waals surface area contributed by atoms with Crippen molar-refractivity contribution >= 4 is 21.4 Å². The van der Waals surface area contributed by atoms with E-state index in [1.165, 1.54) is 12.1 Å². The van der Waals surface area contributed by atoms with Crippen LogP contribution < -0.4 is 0 Å². The molecule has 2 aliphatic heterocycles. The standard InChI is InChI=1S/C14H18ClFN2O2S/c15-14-7-12(16)2-1-11(14)8-17-3-4-18-5-6-21(19,20)10-13(18)9-17/h1-2,7,13H,3-6,8-10H2/t13-/m0/s1. The normalized spacial score (nSPS) is 26.5. The number of rotatable bonds is 2. The molecule has 0 saturated carbocycles. The summed E-state index contributed by atoms with van der Waals surface area (Å²) in [5, 5.41) is 0.425. The Morgan fingerprint density at radius 3 is 2.86 bits per heavy atom. The first-order valence-corrected chi connectivity index (χ1v) is 9.24. The van der Waals surface area contributed by atoms with Gasteiger partial charge in [0.05, 0.1) is 11.5 Å². The molecule has 116 valence electrons. The predicted molar refractivity (Wildman–Crippen MR) is 80.7 cm³/mol. The summed E-state index contributed by atoms with van der Waals surface area (Å²) in [5.74, 6) is 0.167. The van der Waals surface area contributed by atoms with Gasteiger partial charge in [-0.2, -0.15) is 0 Å². The van der Waals surface area contributed by atoms with Crippen LogP contribution in [0.15, 0.2) is 18.2 Å². The largest absolute Gasteiger partial charge is 0.296 e. The Balaban J connectivity index is 1.68. The molecule has 4 nitrogen and oxygen atoms in total. The minimum Gasteiger partial charge on any atom is -0.296 e. The highest BCUT2D eigenvalue weighted by atomic mass is 35.5. The van der Waals surface area contributed by atoms with E-state index in [2.05, 4.69) is 9.80 Å². The van der Waals surface area contributed by atoms with Gasteiger partial charge in [-0.15, -0.1) is 0 Å². The van der Waals surface area contributed by atoms with Crippen LogP contribution in [0.5, 0.6) is 0 Å². The van der Waals surface area contributed by atoms with E-state index < -0.39 is 9.84 Å². The second kappa shape index (κ2) is 5.83. The Hall–Kier alpha value is -0.690. The van der Waals surface area contributed by atoms with Crippen molar-refractivity contribution in [2.24, 2.45) is 0 Å². The summed E-state index contributed by atoms with van der Waals surface area (Å²) >= 11 is 6.06. The molecule has 0 spiro atoms. The Bertz CT molecular complexity index is 638. The summed E-state index contributed by atoms with van der Waals surface area (Å²) in [5.41, 5.74) is 0.880. The molecule has 2 saturated heterocycles. The quantitative estimate of drug-likeness (QED) is 0.821. The molecule has 0 radical (unpaired) electrons. The Morgan fingerprint density at radius 1 is 1.29 bits per heavy atom. The van der Waals surface area contributed by atoms with Gasteiger partial charge in [0.1, 0.15) is 5.82 Å². The molecule has 0 N–H and O–H groups in total. The first-order valence-electron chi connectivity index (χ1n) is 7.04. The lowest BCUT2D eigenvalue weighted by Crippen LogP contribution is -2.59. The van der Waals surface area contributed by atoms with Gasteiger partial charge in [-0.1, -0.05) is 17.7 Å². The van der Waals surface area contributed by atoms with Crippen molar-refractivity contribution in [2.75, 3.05) is 37.7 Å². The highest BCUT2D eigenvalue weighted by Gasteiger charge is 2.35. The van der Waals surface area contributed by atoms with Gasteiger partial charge in [-0.25, -0.2) is 12.8 Å². The van der Waals surface area contributed by atoms with Crippen molar-refractivity contribution in [1.82, 2.24) is 9.80 Å². The molecule has 0 unspecified atom stereocenters. The summed E-state index contributed by atoms with van der Waals surface area (Å²) in [6.07, 6.45) is 0. The monoisotopic (exact) mass is 332 g/mol. The number of fused-ring (bicyclic) bond motifs is 1. The van der Waals surface area contributed by atoms with Crippen molar-refractivity contribution < 1.29 is 12.8 Å². The summed E-state index contributed by atoms with van der Waals surface area (Å²) in [6.45, 7) is 3.73. The van der Waals surface area contributed by atoms with E-state index in [4.69, 9.17) is 11.6 Å². The first kappa shape index (κ1) is 15.2. The van der Waals surface area contributed by atoms with Gasteiger partial charge in [0.15, 0.2) is 9.84 Å². The molecule has 0 aromatic heterocycles. The van der Waals surface area contributed by atoms with Gasteiger partial charge in [-0.3, -0.25) is 9.80 Å². The second-order valence-electron chi connectivity index (χ2n) is 5.77. The number of benzene rings is 1. The predicted octanol–water partition coefficient (Wildman–Crippen LogP) is 1.39. The molecule has 1 aromatic rings. The molecule has 0 amide bonds. The second-order valence-corrected chi connectivity index (χ2v) is 8.41. The fraction of sp³-hybridized carbons (Fsp3) is 0.571. The zero-order valence-corrected chi connectivity index (χ0v) is 13.2. The smallest absolute Gasteiger partial charge is 0.153 e. The third kappa shape index (κ3) is 3.56. The van der Waals surface area contributed by atoms with Crippen LogP contribution in [0.2, 0.25) is 5.02 Å². The fourth-order valence-corrected chi connectivity index (χ4v) is 4.89. The van der Waals surface area contributed by atoms with Gasteiger partial charge in [0.25, 0.3) is 0 Å². The van der Waals surface area contributed by atoms with Gasteiger partial charge in [-0.05, 0) is 17.7 Å². The molecular weight excluding hydrogens is 315 g/mol. The van der Waals surface area contributed by atoms with E-state index in [1.54, 1.807) is 6.07 Å². The molecule has 2 heterocycles. The Morgan fingerprint density at radius 2 is 2.10 bits per heavy atom. The minimum atomic E-state index is -2.91. The average molecular weight is 333 g/mol. The number of hydrogen-bond donors (Lipinski definition) is 0. The van der Waals surface area contributed by atoms with Crippen LogP contribution in [0.3, 0.4) is 0 Å². The maximum absolute atomic E-state index is 13.1. The van der Waals surface area contributed by atoms with Gasteiger partial charge in [0.2, 0.25) is 0 Å². The van der Waals surface area contributed by atoms with Gasteiger partial charge >= 0.3 is 0 Å². The third-order valence-electron chi connectivity index (χ3n) is 4.23. The number of nitrogens with zero attached hydrogens (tertiary/aromatic N) is 2. The maximum atomic E-state index is 13.1.